The normalized spacial score (nSPS) is 11.6. The fourth-order valence-corrected chi connectivity index (χ4v) is 7.12. The van der Waals surface area contributed by atoms with Gasteiger partial charge in [0.2, 0.25) is 0 Å². The summed E-state index contributed by atoms with van der Waals surface area (Å²) in [6.07, 6.45) is 0. The zero-order valence-electron chi connectivity index (χ0n) is 21.1. The van der Waals surface area contributed by atoms with Gasteiger partial charge in [0.05, 0.1) is 21.4 Å². The van der Waals surface area contributed by atoms with E-state index in [9.17, 15) is 0 Å². The van der Waals surface area contributed by atoms with Gasteiger partial charge in [0.15, 0.2) is 0 Å². The van der Waals surface area contributed by atoms with E-state index < -0.39 is 0 Å². The minimum Gasteiger partial charge on any atom is -0.354 e. The molecule has 0 spiro atoms. The topological polar surface area (TPSA) is 17.0 Å². The molecule has 184 valence electrons. The summed E-state index contributed by atoms with van der Waals surface area (Å²) in [7, 11) is 0. The molecular weight excluding hydrogens is 492 g/mol. The second-order valence-corrected chi connectivity index (χ2v) is 10.9. The zero-order valence-corrected chi connectivity index (χ0v) is 22.0. The van der Waals surface area contributed by atoms with E-state index in [-0.39, 0.29) is 0 Å². The molecule has 8 rings (SSSR count). The van der Waals surface area contributed by atoms with Crippen LogP contribution < -0.4 is 5.32 Å². The minimum absolute atomic E-state index is 1.09. The van der Waals surface area contributed by atoms with E-state index in [4.69, 9.17) is 0 Å². The number of nitrogens with one attached hydrogen (secondary N) is 1. The molecule has 8 aromatic rings. The van der Waals surface area contributed by atoms with Gasteiger partial charge in [0, 0.05) is 37.6 Å². The Bertz CT molecular complexity index is 2120. The third kappa shape index (κ3) is 3.55. The van der Waals surface area contributed by atoms with Crippen LogP contribution in [-0.4, -0.2) is 4.57 Å². The van der Waals surface area contributed by atoms with Crippen molar-refractivity contribution in [3.8, 4) is 16.8 Å². The molecule has 3 heteroatoms. The summed E-state index contributed by atoms with van der Waals surface area (Å²) in [5, 5.41) is 8.92. The molecule has 0 aliphatic carbocycles. The van der Waals surface area contributed by atoms with Crippen LogP contribution in [0.5, 0.6) is 0 Å². The smallest absolute Gasteiger partial charge is 0.0590 e. The maximum absolute atomic E-state index is 3.71. The van der Waals surface area contributed by atoms with Gasteiger partial charge in [-0.2, -0.15) is 0 Å². The van der Waals surface area contributed by atoms with Gasteiger partial charge in [-0.25, -0.2) is 0 Å². The number of hydrogen-bond donors (Lipinski definition) is 1. The maximum Gasteiger partial charge on any atom is 0.0590 e. The first-order chi connectivity index (χ1) is 19.3. The van der Waals surface area contributed by atoms with Gasteiger partial charge in [-0.15, -0.1) is 11.3 Å². The highest BCUT2D eigenvalue weighted by Crippen LogP contribution is 2.45. The number of thiophene rings is 1. The first kappa shape index (κ1) is 22.2. The molecule has 39 heavy (non-hydrogen) atoms. The van der Waals surface area contributed by atoms with Crippen molar-refractivity contribution < 1.29 is 0 Å². The fraction of sp³-hybridized carbons (Fsp3) is 0. The molecule has 1 N–H and O–H groups in total. The molecule has 2 nitrogen and oxygen atoms in total. The third-order valence-corrected chi connectivity index (χ3v) is 8.86. The second-order valence-electron chi connectivity index (χ2n) is 9.88. The Morgan fingerprint density at radius 3 is 1.95 bits per heavy atom. The quantitative estimate of drug-likeness (QED) is 0.246. The molecule has 0 saturated carbocycles. The summed E-state index contributed by atoms with van der Waals surface area (Å²) < 4.78 is 5.01. The first-order valence-electron chi connectivity index (χ1n) is 13.2. The van der Waals surface area contributed by atoms with Crippen LogP contribution in [0.15, 0.2) is 140 Å². The maximum atomic E-state index is 3.71. The van der Waals surface area contributed by atoms with Crippen LogP contribution in [-0.2, 0) is 0 Å². The van der Waals surface area contributed by atoms with Crippen LogP contribution in [0.2, 0.25) is 0 Å². The van der Waals surface area contributed by atoms with E-state index in [1.165, 1.54) is 58.8 Å². The molecule has 0 fully saturated rings. The summed E-state index contributed by atoms with van der Waals surface area (Å²) in [4.78, 5) is 0. The van der Waals surface area contributed by atoms with Gasteiger partial charge in [0.25, 0.3) is 0 Å². The van der Waals surface area contributed by atoms with Crippen molar-refractivity contribution in [2.24, 2.45) is 0 Å². The number of para-hydroxylation sites is 2. The SMILES string of the molecule is c1ccc(-c2ccc(Nc3cccc4c3sc3c4ccc4c3c3ccccc3n4-c3ccccc3)cc2)cc1. The Labute approximate surface area is 230 Å². The lowest BCUT2D eigenvalue weighted by Gasteiger charge is -2.09. The lowest BCUT2D eigenvalue weighted by Crippen LogP contribution is -1.92. The van der Waals surface area contributed by atoms with Gasteiger partial charge < -0.3 is 9.88 Å². The van der Waals surface area contributed by atoms with E-state index in [1.807, 2.05) is 11.3 Å². The van der Waals surface area contributed by atoms with Crippen molar-refractivity contribution in [3.63, 3.8) is 0 Å². The van der Waals surface area contributed by atoms with Crippen molar-refractivity contribution >= 4 is 64.7 Å². The van der Waals surface area contributed by atoms with Crippen molar-refractivity contribution in [1.29, 1.82) is 0 Å². The molecular formula is C36H24N2S. The van der Waals surface area contributed by atoms with Gasteiger partial charge in [-0.1, -0.05) is 97.1 Å². The third-order valence-electron chi connectivity index (χ3n) is 7.59. The Morgan fingerprint density at radius 1 is 0.462 bits per heavy atom. The highest BCUT2D eigenvalue weighted by atomic mass is 32.1. The largest absolute Gasteiger partial charge is 0.354 e. The molecule has 0 amide bonds. The highest BCUT2D eigenvalue weighted by molar-refractivity contribution is 7.27. The molecule has 0 radical (unpaired) electrons. The average molecular weight is 517 g/mol. The first-order valence-corrected chi connectivity index (χ1v) is 14.0. The summed E-state index contributed by atoms with van der Waals surface area (Å²) in [6, 6.07) is 49.8. The lowest BCUT2D eigenvalue weighted by molar-refractivity contribution is 1.18. The van der Waals surface area contributed by atoms with Gasteiger partial charge >= 0.3 is 0 Å². The number of nitrogens with zero attached hydrogens (tertiary/aromatic N) is 1. The van der Waals surface area contributed by atoms with Crippen LogP contribution in [0.25, 0.3) is 58.8 Å². The Hall–Kier alpha value is -4.86. The van der Waals surface area contributed by atoms with Gasteiger partial charge in [-0.3, -0.25) is 0 Å². The van der Waals surface area contributed by atoms with Crippen molar-refractivity contribution in [2.75, 3.05) is 5.32 Å². The lowest BCUT2D eigenvalue weighted by atomic mass is 10.1. The Balaban J connectivity index is 1.30. The van der Waals surface area contributed by atoms with Crippen molar-refractivity contribution in [3.05, 3.63) is 140 Å². The van der Waals surface area contributed by atoms with Crippen LogP contribution in [0, 0.1) is 0 Å². The van der Waals surface area contributed by atoms with E-state index in [0.29, 0.717) is 0 Å². The number of fused-ring (bicyclic) bond motifs is 7. The molecule has 0 unspecified atom stereocenters. The van der Waals surface area contributed by atoms with Crippen molar-refractivity contribution in [2.45, 2.75) is 0 Å². The Kier molecular flexibility index (Phi) is 5.04. The monoisotopic (exact) mass is 516 g/mol. The minimum atomic E-state index is 1.09. The van der Waals surface area contributed by atoms with E-state index in [1.54, 1.807) is 0 Å². The van der Waals surface area contributed by atoms with Crippen LogP contribution >= 0.6 is 11.3 Å². The van der Waals surface area contributed by atoms with Gasteiger partial charge in [0.1, 0.15) is 0 Å². The number of benzene rings is 6. The summed E-state index contributed by atoms with van der Waals surface area (Å²) in [6.45, 7) is 0. The van der Waals surface area contributed by atoms with Crippen LogP contribution in [0.4, 0.5) is 11.4 Å². The van der Waals surface area contributed by atoms with Crippen molar-refractivity contribution in [1.82, 2.24) is 4.57 Å². The molecule has 0 atom stereocenters. The summed E-state index contributed by atoms with van der Waals surface area (Å²) in [5.41, 5.74) is 8.35. The number of hydrogen-bond acceptors (Lipinski definition) is 2. The Morgan fingerprint density at radius 2 is 1.13 bits per heavy atom. The summed E-state index contributed by atoms with van der Waals surface area (Å²) in [5.74, 6) is 0. The molecule has 2 heterocycles. The molecule has 2 aromatic heterocycles. The summed E-state index contributed by atoms with van der Waals surface area (Å²) >= 11 is 1.88. The predicted octanol–water partition coefficient (Wildman–Crippen LogP) is 10.6. The van der Waals surface area contributed by atoms with Gasteiger partial charge in [-0.05, 0) is 53.6 Å². The molecule has 0 saturated heterocycles. The standard InChI is InChI=1S/C36H24N2S/c1-3-10-24(11-4-1)25-18-20-26(21-19-25)37-31-16-9-15-28-29-22-23-33-34(36(29)39-35(28)31)30-14-7-8-17-32(30)38(33)27-12-5-2-6-13-27/h1-23,37H. The molecule has 6 aromatic carbocycles. The molecule has 0 aliphatic rings. The highest BCUT2D eigenvalue weighted by Gasteiger charge is 2.18. The zero-order chi connectivity index (χ0) is 25.8. The number of rotatable bonds is 4. The molecule has 0 bridgehead atoms. The van der Waals surface area contributed by atoms with E-state index >= 15 is 0 Å². The number of aromatic nitrogens is 1. The number of anilines is 2. The van der Waals surface area contributed by atoms with E-state index in [2.05, 4.69) is 149 Å². The fourth-order valence-electron chi connectivity index (χ4n) is 5.79. The second kappa shape index (κ2) is 8.87. The van der Waals surface area contributed by atoms with Crippen LogP contribution in [0.3, 0.4) is 0 Å². The van der Waals surface area contributed by atoms with E-state index in [0.717, 1.165) is 11.4 Å². The molecule has 0 aliphatic heterocycles. The predicted molar refractivity (Wildman–Crippen MR) is 169 cm³/mol. The average Bonchev–Trinajstić information content (AvgIpc) is 3.55. The van der Waals surface area contributed by atoms with Crippen LogP contribution in [0.1, 0.15) is 0 Å².